The van der Waals surface area contributed by atoms with E-state index in [0.29, 0.717) is 6.04 Å². The van der Waals surface area contributed by atoms with Gasteiger partial charge in [-0.3, -0.25) is 4.79 Å². The van der Waals surface area contributed by atoms with Gasteiger partial charge in [0.15, 0.2) is 0 Å². The molecule has 1 saturated carbocycles. The third-order valence-corrected chi connectivity index (χ3v) is 5.12. The molecule has 0 saturated heterocycles. The van der Waals surface area contributed by atoms with Crippen molar-refractivity contribution in [2.24, 2.45) is 5.16 Å². The molecular weight excluding hydrogens is 260 g/mol. The molecule has 0 unspecified atom stereocenters. The molecule has 2 N–H and O–H groups in total. The van der Waals surface area contributed by atoms with Crippen LogP contribution < -0.4 is 5.32 Å². The number of nitrogens with one attached hydrogen (secondary N) is 1. The molecule has 1 amide bonds. The quantitative estimate of drug-likeness (QED) is 0.645. The van der Waals surface area contributed by atoms with Crippen molar-refractivity contribution < 1.29 is 10.0 Å². The zero-order valence-corrected chi connectivity index (χ0v) is 11.6. The number of hydrogen-bond acceptors (Lipinski definition) is 4. The van der Waals surface area contributed by atoms with Gasteiger partial charge in [-0.05, 0) is 37.7 Å². The Kier molecular flexibility index (Phi) is 3.55. The Morgan fingerprint density at radius 1 is 1.32 bits per heavy atom. The Morgan fingerprint density at radius 3 is 2.84 bits per heavy atom. The summed E-state index contributed by atoms with van der Waals surface area (Å²) < 4.78 is 0. The van der Waals surface area contributed by atoms with Gasteiger partial charge in [-0.15, -0.1) is 11.3 Å². The highest BCUT2D eigenvalue weighted by atomic mass is 32.1. The van der Waals surface area contributed by atoms with E-state index in [1.54, 1.807) is 0 Å². The van der Waals surface area contributed by atoms with Crippen molar-refractivity contribution in [3.8, 4) is 0 Å². The van der Waals surface area contributed by atoms with Crippen molar-refractivity contribution in [1.29, 1.82) is 0 Å². The minimum Gasteiger partial charge on any atom is -0.411 e. The van der Waals surface area contributed by atoms with Crippen molar-refractivity contribution in [2.75, 3.05) is 0 Å². The van der Waals surface area contributed by atoms with Crippen molar-refractivity contribution >= 4 is 23.0 Å². The summed E-state index contributed by atoms with van der Waals surface area (Å²) in [4.78, 5) is 13.3. The maximum absolute atomic E-state index is 12.3. The fraction of sp³-hybridized carbons (Fsp3) is 0.571. The number of hydrogen-bond donors (Lipinski definition) is 2. The molecule has 1 heterocycles. The number of amides is 1. The second kappa shape index (κ2) is 5.33. The molecule has 0 bridgehead atoms. The van der Waals surface area contributed by atoms with Gasteiger partial charge in [0.2, 0.25) is 0 Å². The van der Waals surface area contributed by atoms with Crippen LogP contribution in [0, 0.1) is 0 Å². The van der Waals surface area contributed by atoms with Gasteiger partial charge >= 0.3 is 0 Å². The first-order valence-electron chi connectivity index (χ1n) is 6.92. The monoisotopic (exact) mass is 278 g/mol. The lowest BCUT2D eigenvalue weighted by Gasteiger charge is -2.15. The van der Waals surface area contributed by atoms with E-state index in [4.69, 9.17) is 5.21 Å². The second-order valence-electron chi connectivity index (χ2n) is 5.31. The summed E-state index contributed by atoms with van der Waals surface area (Å²) in [5, 5.41) is 17.4. The number of rotatable bonds is 2. The zero-order valence-electron chi connectivity index (χ0n) is 10.8. The molecule has 1 aromatic rings. The van der Waals surface area contributed by atoms with E-state index in [-0.39, 0.29) is 5.91 Å². The lowest BCUT2D eigenvalue weighted by Crippen LogP contribution is -2.33. The summed E-state index contributed by atoms with van der Waals surface area (Å²) in [6.07, 6.45) is 7.29. The predicted octanol–water partition coefficient (Wildman–Crippen LogP) is 2.94. The maximum atomic E-state index is 12.3. The van der Waals surface area contributed by atoms with Crippen LogP contribution in [0.3, 0.4) is 0 Å². The molecule has 0 atom stereocenters. The Bertz CT molecular complexity index is 516. The first-order valence-corrected chi connectivity index (χ1v) is 7.80. The van der Waals surface area contributed by atoms with Gasteiger partial charge in [0.25, 0.3) is 5.91 Å². The summed E-state index contributed by atoms with van der Waals surface area (Å²) in [5.41, 5.74) is 2.58. The summed E-state index contributed by atoms with van der Waals surface area (Å²) >= 11 is 1.52. The number of nitrogens with zero attached hydrogens (tertiary/aromatic N) is 1. The van der Waals surface area contributed by atoms with Crippen molar-refractivity contribution in [3.63, 3.8) is 0 Å². The van der Waals surface area contributed by atoms with Crippen LogP contribution in [0.4, 0.5) is 0 Å². The van der Waals surface area contributed by atoms with Gasteiger partial charge in [0.1, 0.15) is 0 Å². The molecule has 4 nitrogen and oxygen atoms in total. The van der Waals surface area contributed by atoms with E-state index in [9.17, 15) is 4.79 Å². The minimum atomic E-state index is 0.0450. The lowest BCUT2D eigenvalue weighted by molar-refractivity contribution is 0.0937. The summed E-state index contributed by atoms with van der Waals surface area (Å²) in [7, 11) is 0. The Hall–Kier alpha value is -1.36. The van der Waals surface area contributed by atoms with Gasteiger partial charge < -0.3 is 10.5 Å². The number of carbonyl (C=O) groups is 1. The molecule has 102 valence electrons. The van der Waals surface area contributed by atoms with E-state index < -0.39 is 0 Å². The number of oxime groups is 1. The van der Waals surface area contributed by atoms with Crippen molar-refractivity contribution in [1.82, 2.24) is 5.32 Å². The first-order chi connectivity index (χ1) is 9.29. The molecule has 0 aromatic carbocycles. The molecule has 19 heavy (non-hydrogen) atoms. The normalized spacial score (nSPS) is 21.6. The van der Waals surface area contributed by atoms with E-state index in [1.807, 2.05) is 5.38 Å². The van der Waals surface area contributed by atoms with Gasteiger partial charge in [0, 0.05) is 11.4 Å². The Balaban J connectivity index is 1.81. The van der Waals surface area contributed by atoms with E-state index in [0.717, 1.165) is 53.8 Å². The molecule has 1 fully saturated rings. The van der Waals surface area contributed by atoms with Crippen LogP contribution in [0.1, 0.15) is 59.3 Å². The Morgan fingerprint density at radius 2 is 2.11 bits per heavy atom. The first kappa shape index (κ1) is 12.7. The summed E-state index contributed by atoms with van der Waals surface area (Å²) in [5.74, 6) is 0.0450. The smallest absolute Gasteiger partial charge is 0.252 e. The summed E-state index contributed by atoms with van der Waals surface area (Å²) in [6, 6.07) is 0.345. The third-order valence-electron chi connectivity index (χ3n) is 4.05. The molecule has 2 aliphatic carbocycles. The third kappa shape index (κ3) is 2.39. The van der Waals surface area contributed by atoms with Crippen LogP contribution in [0.2, 0.25) is 0 Å². The van der Waals surface area contributed by atoms with Crippen LogP contribution >= 0.6 is 11.3 Å². The molecular formula is C14H18N2O2S. The van der Waals surface area contributed by atoms with E-state index >= 15 is 0 Å². The van der Waals surface area contributed by atoms with Crippen molar-refractivity contribution in [2.45, 2.75) is 51.0 Å². The van der Waals surface area contributed by atoms with Crippen LogP contribution in [0.25, 0.3) is 0 Å². The highest BCUT2D eigenvalue weighted by molar-refractivity contribution is 7.12. The molecule has 3 rings (SSSR count). The van der Waals surface area contributed by atoms with Gasteiger partial charge in [-0.2, -0.15) is 0 Å². The SMILES string of the molecule is O=C(NC1CCCC1)c1csc2c1CCCC2=NO. The number of carbonyl (C=O) groups excluding carboxylic acids is 1. The molecule has 0 radical (unpaired) electrons. The standard InChI is InChI=1S/C14H18N2O2S/c17-14(15-9-4-1-2-5-9)11-8-19-13-10(11)6-3-7-12(13)16-18/h8-9,18H,1-7H2,(H,15,17). The highest BCUT2D eigenvalue weighted by Crippen LogP contribution is 2.31. The predicted molar refractivity (Wildman–Crippen MR) is 75.3 cm³/mol. The fourth-order valence-corrected chi connectivity index (χ4v) is 4.16. The van der Waals surface area contributed by atoms with E-state index in [2.05, 4.69) is 10.5 Å². The maximum Gasteiger partial charge on any atom is 0.252 e. The number of thiophene rings is 1. The largest absolute Gasteiger partial charge is 0.411 e. The zero-order chi connectivity index (χ0) is 13.2. The van der Waals surface area contributed by atoms with Gasteiger partial charge in [0.05, 0.1) is 16.2 Å². The van der Waals surface area contributed by atoms with Crippen LogP contribution in [0.15, 0.2) is 10.5 Å². The Labute approximate surface area is 116 Å². The topological polar surface area (TPSA) is 61.7 Å². The van der Waals surface area contributed by atoms with E-state index in [1.165, 1.54) is 24.2 Å². The molecule has 5 heteroatoms. The number of fused-ring (bicyclic) bond motifs is 1. The fourth-order valence-electron chi connectivity index (χ4n) is 3.04. The summed E-state index contributed by atoms with van der Waals surface area (Å²) in [6.45, 7) is 0. The molecule has 0 aliphatic heterocycles. The average molecular weight is 278 g/mol. The molecule has 2 aliphatic rings. The molecule has 0 spiro atoms. The van der Waals surface area contributed by atoms with Gasteiger partial charge in [-0.1, -0.05) is 18.0 Å². The van der Waals surface area contributed by atoms with Crippen LogP contribution in [-0.2, 0) is 6.42 Å². The second-order valence-corrected chi connectivity index (χ2v) is 6.19. The minimum absolute atomic E-state index is 0.0450. The van der Waals surface area contributed by atoms with Crippen molar-refractivity contribution in [3.05, 3.63) is 21.4 Å². The van der Waals surface area contributed by atoms with Crippen LogP contribution in [0.5, 0.6) is 0 Å². The molecule has 1 aromatic heterocycles. The van der Waals surface area contributed by atoms with Crippen LogP contribution in [-0.4, -0.2) is 22.9 Å². The highest BCUT2D eigenvalue weighted by Gasteiger charge is 2.26. The average Bonchev–Trinajstić information content (AvgIpc) is 3.06. The lowest BCUT2D eigenvalue weighted by atomic mass is 9.94. The van der Waals surface area contributed by atoms with Gasteiger partial charge in [-0.25, -0.2) is 0 Å².